The molecule has 4 nitrogen and oxygen atoms in total. The molecule has 0 saturated carbocycles. The van der Waals surface area contributed by atoms with Crippen molar-refractivity contribution in [2.24, 2.45) is 13.0 Å². The molecule has 0 radical (unpaired) electrons. The van der Waals surface area contributed by atoms with Gasteiger partial charge < -0.3 is 9.88 Å². The first kappa shape index (κ1) is 14.5. The first-order valence-electron chi connectivity index (χ1n) is 6.39. The van der Waals surface area contributed by atoms with E-state index in [1.165, 1.54) is 12.8 Å². The molecule has 0 spiro atoms. The highest BCUT2D eigenvalue weighted by Crippen LogP contribution is 2.19. The lowest BCUT2D eigenvalue weighted by molar-refractivity contribution is 0.396. The minimum atomic E-state index is 0.557. The van der Waals surface area contributed by atoms with E-state index in [1.54, 1.807) is 18.1 Å². The van der Waals surface area contributed by atoms with Crippen molar-refractivity contribution < 1.29 is 0 Å². The zero-order chi connectivity index (χ0) is 12.7. The first-order valence-corrected chi connectivity index (χ1v) is 7.37. The molecule has 1 aromatic heterocycles. The molecule has 0 aliphatic heterocycles. The molecule has 0 amide bonds. The molecule has 0 aromatic carbocycles. The third-order valence-electron chi connectivity index (χ3n) is 3.05. The highest BCUT2D eigenvalue weighted by atomic mass is 32.2. The summed E-state index contributed by atoms with van der Waals surface area (Å²) in [6, 6.07) is 0.557. The number of rotatable bonds is 8. The molecular formula is C12H24N4S. The SMILES string of the molecule is CCCNC(CSc1nncn1C)C(C)CC. The average molecular weight is 256 g/mol. The summed E-state index contributed by atoms with van der Waals surface area (Å²) in [5, 5.41) is 12.6. The van der Waals surface area contributed by atoms with E-state index in [0.29, 0.717) is 12.0 Å². The summed E-state index contributed by atoms with van der Waals surface area (Å²) < 4.78 is 1.97. The van der Waals surface area contributed by atoms with E-state index in [-0.39, 0.29) is 0 Å². The van der Waals surface area contributed by atoms with E-state index in [1.807, 2.05) is 11.6 Å². The van der Waals surface area contributed by atoms with Crippen molar-refractivity contribution in [2.45, 2.75) is 44.8 Å². The maximum atomic E-state index is 4.10. The van der Waals surface area contributed by atoms with Crippen LogP contribution in [0, 0.1) is 5.92 Å². The average Bonchev–Trinajstić information content (AvgIpc) is 2.74. The molecule has 2 unspecified atom stereocenters. The number of hydrogen-bond donors (Lipinski definition) is 1. The fraction of sp³-hybridized carbons (Fsp3) is 0.833. The molecule has 0 saturated heterocycles. The third-order valence-corrected chi connectivity index (χ3v) is 4.20. The van der Waals surface area contributed by atoms with Crippen LogP contribution in [0.25, 0.3) is 0 Å². The second kappa shape index (κ2) is 7.71. The lowest BCUT2D eigenvalue weighted by Crippen LogP contribution is -2.37. The predicted octanol–water partition coefficient (Wildman–Crippen LogP) is 2.32. The quantitative estimate of drug-likeness (QED) is 0.725. The Kier molecular flexibility index (Phi) is 6.58. The number of aromatic nitrogens is 3. The summed E-state index contributed by atoms with van der Waals surface area (Å²) in [6.07, 6.45) is 4.14. The van der Waals surface area contributed by atoms with Gasteiger partial charge in [-0.1, -0.05) is 39.0 Å². The Morgan fingerprint density at radius 2 is 2.24 bits per heavy atom. The van der Waals surface area contributed by atoms with Crippen molar-refractivity contribution in [3.8, 4) is 0 Å². The molecule has 0 fully saturated rings. The van der Waals surface area contributed by atoms with E-state index in [2.05, 4.69) is 36.3 Å². The van der Waals surface area contributed by atoms with Gasteiger partial charge in [-0.05, 0) is 18.9 Å². The normalized spacial score (nSPS) is 14.8. The van der Waals surface area contributed by atoms with Crippen molar-refractivity contribution in [1.82, 2.24) is 20.1 Å². The van der Waals surface area contributed by atoms with Crippen LogP contribution in [0.15, 0.2) is 11.5 Å². The van der Waals surface area contributed by atoms with Gasteiger partial charge in [-0.15, -0.1) is 10.2 Å². The van der Waals surface area contributed by atoms with Crippen LogP contribution in [0.5, 0.6) is 0 Å². The van der Waals surface area contributed by atoms with E-state index < -0.39 is 0 Å². The van der Waals surface area contributed by atoms with Gasteiger partial charge >= 0.3 is 0 Å². The second-order valence-corrected chi connectivity index (χ2v) is 5.47. The van der Waals surface area contributed by atoms with Crippen LogP contribution >= 0.6 is 11.8 Å². The second-order valence-electron chi connectivity index (χ2n) is 4.48. The van der Waals surface area contributed by atoms with Gasteiger partial charge in [-0.3, -0.25) is 0 Å². The van der Waals surface area contributed by atoms with Crippen LogP contribution < -0.4 is 5.32 Å². The van der Waals surface area contributed by atoms with Crippen molar-refractivity contribution in [2.75, 3.05) is 12.3 Å². The van der Waals surface area contributed by atoms with Crippen LogP contribution in [0.2, 0.25) is 0 Å². The summed E-state index contributed by atoms with van der Waals surface area (Å²) in [6.45, 7) is 7.85. The maximum Gasteiger partial charge on any atom is 0.190 e. The Balaban J connectivity index is 2.45. The molecule has 1 rings (SSSR count). The van der Waals surface area contributed by atoms with Crippen LogP contribution in [0.1, 0.15) is 33.6 Å². The van der Waals surface area contributed by atoms with Crippen molar-refractivity contribution in [3.05, 3.63) is 6.33 Å². The topological polar surface area (TPSA) is 42.7 Å². The van der Waals surface area contributed by atoms with Gasteiger partial charge in [0, 0.05) is 18.8 Å². The Bertz CT molecular complexity index is 313. The molecule has 1 N–H and O–H groups in total. The molecule has 0 aliphatic rings. The van der Waals surface area contributed by atoms with Crippen molar-refractivity contribution in [1.29, 1.82) is 0 Å². The van der Waals surface area contributed by atoms with E-state index >= 15 is 0 Å². The fourth-order valence-corrected chi connectivity index (χ4v) is 2.74. The van der Waals surface area contributed by atoms with E-state index in [4.69, 9.17) is 0 Å². The number of hydrogen-bond acceptors (Lipinski definition) is 4. The van der Waals surface area contributed by atoms with Crippen LogP contribution in [-0.4, -0.2) is 33.1 Å². The molecular weight excluding hydrogens is 232 g/mol. The van der Waals surface area contributed by atoms with Crippen LogP contribution in [-0.2, 0) is 7.05 Å². The van der Waals surface area contributed by atoms with Gasteiger partial charge in [0.25, 0.3) is 0 Å². The van der Waals surface area contributed by atoms with E-state index in [0.717, 1.165) is 17.5 Å². The molecule has 2 atom stereocenters. The van der Waals surface area contributed by atoms with Crippen molar-refractivity contribution >= 4 is 11.8 Å². The monoisotopic (exact) mass is 256 g/mol. The smallest absolute Gasteiger partial charge is 0.190 e. The molecule has 98 valence electrons. The van der Waals surface area contributed by atoms with Crippen LogP contribution in [0.3, 0.4) is 0 Å². The number of aryl methyl sites for hydroxylation is 1. The van der Waals surface area contributed by atoms with Crippen molar-refractivity contribution in [3.63, 3.8) is 0 Å². The van der Waals surface area contributed by atoms with Gasteiger partial charge in [0.05, 0.1) is 0 Å². The maximum absolute atomic E-state index is 4.10. The van der Waals surface area contributed by atoms with Gasteiger partial charge in [-0.2, -0.15) is 0 Å². The molecule has 0 bridgehead atoms. The largest absolute Gasteiger partial charge is 0.313 e. The third kappa shape index (κ3) is 4.68. The zero-order valence-electron chi connectivity index (χ0n) is 11.3. The molecule has 5 heteroatoms. The summed E-state index contributed by atoms with van der Waals surface area (Å²) in [7, 11) is 1.99. The minimum absolute atomic E-state index is 0.557. The number of thioether (sulfide) groups is 1. The lowest BCUT2D eigenvalue weighted by Gasteiger charge is -2.23. The Morgan fingerprint density at radius 1 is 1.47 bits per heavy atom. The molecule has 1 heterocycles. The summed E-state index contributed by atoms with van der Waals surface area (Å²) in [5.41, 5.74) is 0. The number of nitrogens with one attached hydrogen (secondary N) is 1. The zero-order valence-corrected chi connectivity index (χ0v) is 12.1. The summed E-state index contributed by atoms with van der Waals surface area (Å²) >= 11 is 1.78. The first-order chi connectivity index (χ1) is 8.19. The van der Waals surface area contributed by atoms with Gasteiger partial charge in [0.15, 0.2) is 5.16 Å². The Labute approximate surface area is 109 Å². The molecule has 1 aromatic rings. The Hall–Kier alpha value is -0.550. The number of nitrogens with zero attached hydrogens (tertiary/aromatic N) is 3. The minimum Gasteiger partial charge on any atom is -0.313 e. The standard InChI is InChI=1S/C12H24N4S/c1-5-7-13-11(10(3)6-2)8-17-12-15-14-9-16(12)4/h9-11,13H,5-8H2,1-4H3. The lowest BCUT2D eigenvalue weighted by atomic mass is 10.0. The predicted molar refractivity (Wildman–Crippen MR) is 73.3 cm³/mol. The summed E-state index contributed by atoms with van der Waals surface area (Å²) in [4.78, 5) is 0. The van der Waals surface area contributed by atoms with Gasteiger partial charge in [0.2, 0.25) is 0 Å². The van der Waals surface area contributed by atoms with Gasteiger partial charge in [-0.25, -0.2) is 0 Å². The fourth-order valence-electron chi connectivity index (χ4n) is 1.61. The van der Waals surface area contributed by atoms with Gasteiger partial charge in [0.1, 0.15) is 6.33 Å². The molecule has 0 aliphatic carbocycles. The Morgan fingerprint density at radius 3 is 2.76 bits per heavy atom. The summed E-state index contributed by atoms with van der Waals surface area (Å²) in [5.74, 6) is 1.75. The molecule has 17 heavy (non-hydrogen) atoms. The highest BCUT2D eigenvalue weighted by molar-refractivity contribution is 7.99. The van der Waals surface area contributed by atoms with Crippen LogP contribution in [0.4, 0.5) is 0 Å². The van der Waals surface area contributed by atoms with E-state index in [9.17, 15) is 0 Å². The highest BCUT2D eigenvalue weighted by Gasteiger charge is 2.16.